The van der Waals surface area contributed by atoms with E-state index in [9.17, 15) is 18.0 Å². The van der Waals surface area contributed by atoms with Crippen LogP contribution in [-0.4, -0.2) is 36.8 Å². The number of amides is 1. The van der Waals surface area contributed by atoms with Crippen LogP contribution < -0.4 is 5.32 Å². The van der Waals surface area contributed by atoms with Crippen LogP contribution in [0.15, 0.2) is 24.8 Å². The number of ether oxygens (including phenoxy) is 1. The lowest BCUT2D eigenvalue weighted by Crippen LogP contribution is -2.79. The molecule has 0 unspecified atom stereocenters. The minimum atomic E-state index is -4.54. The molecule has 2 aromatic heterocycles. The van der Waals surface area contributed by atoms with Crippen molar-refractivity contribution in [1.29, 1.82) is 0 Å². The van der Waals surface area contributed by atoms with Crippen LogP contribution in [0.2, 0.25) is 0 Å². The molecule has 27 heavy (non-hydrogen) atoms. The zero-order valence-corrected chi connectivity index (χ0v) is 15.2. The monoisotopic (exact) mass is 383 g/mol. The predicted octanol–water partition coefficient (Wildman–Crippen LogP) is 3.38. The maximum atomic E-state index is 12.7. The first-order valence-electron chi connectivity index (χ1n) is 8.59. The Morgan fingerprint density at radius 3 is 2.26 bits per heavy atom. The fourth-order valence-electron chi connectivity index (χ4n) is 3.97. The molecule has 1 N–H and O–H groups in total. The van der Waals surface area contributed by atoms with Crippen LogP contribution >= 0.6 is 0 Å². The largest absolute Gasteiger partial charge is 0.504 e. The standard InChI is InChI=1S/C17H20F3N5O2/c1-14(2,3)27-13(26)23-15-8-16(9-15,10-15)24-6-11(4-21-24)12-5-22-25(7-12)17(18,19)20/h4-7H,8-10H2,1-3H3,(H,23,26). The van der Waals surface area contributed by atoms with Crippen molar-refractivity contribution < 1.29 is 22.7 Å². The molecule has 0 atom stereocenters. The van der Waals surface area contributed by atoms with Gasteiger partial charge in [0.05, 0.1) is 23.5 Å². The van der Waals surface area contributed by atoms with Crippen molar-refractivity contribution in [3.8, 4) is 11.1 Å². The number of alkyl carbamates (subject to hydrolysis) is 1. The minimum absolute atomic E-state index is 0.0274. The minimum Gasteiger partial charge on any atom is -0.444 e. The molecule has 0 saturated heterocycles. The lowest BCUT2D eigenvalue weighted by atomic mass is 9.44. The van der Waals surface area contributed by atoms with Crippen molar-refractivity contribution in [2.45, 2.75) is 63.0 Å². The van der Waals surface area contributed by atoms with Gasteiger partial charge in [-0.2, -0.15) is 14.9 Å². The number of carbonyl (C=O) groups excluding carboxylic acids is 1. The summed E-state index contributed by atoms with van der Waals surface area (Å²) >= 11 is 0. The fraction of sp³-hybridized carbons (Fsp3) is 0.588. The van der Waals surface area contributed by atoms with Crippen LogP contribution in [0.4, 0.5) is 18.0 Å². The highest BCUT2D eigenvalue weighted by atomic mass is 19.4. The fourth-order valence-corrected chi connectivity index (χ4v) is 3.97. The first-order valence-corrected chi connectivity index (χ1v) is 8.59. The molecule has 3 aliphatic carbocycles. The number of carbonyl (C=O) groups is 1. The Labute approximate surface area is 153 Å². The SMILES string of the molecule is CC(C)(C)OC(=O)NC12CC(n3cc(-c4cnn(C(F)(F)F)c4)cn3)(C1)C2. The Balaban J connectivity index is 1.40. The molecular formula is C17H20F3N5O2. The molecule has 0 aliphatic heterocycles. The Kier molecular flexibility index (Phi) is 3.48. The molecule has 10 heteroatoms. The molecule has 2 heterocycles. The van der Waals surface area contributed by atoms with E-state index in [0.717, 1.165) is 25.5 Å². The van der Waals surface area contributed by atoms with Crippen molar-refractivity contribution in [3.63, 3.8) is 0 Å². The van der Waals surface area contributed by atoms with Crippen molar-refractivity contribution in [1.82, 2.24) is 24.9 Å². The van der Waals surface area contributed by atoms with Gasteiger partial charge < -0.3 is 10.1 Å². The molecule has 0 radical (unpaired) electrons. The number of alkyl halides is 3. The van der Waals surface area contributed by atoms with Crippen LogP contribution in [0, 0.1) is 0 Å². The molecule has 3 fully saturated rings. The Bertz CT molecular complexity index is 873. The summed E-state index contributed by atoms with van der Waals surface area (Å²) in [7, 11) is 0. The van der Waals surface area contributed by atoms with Crippen molar-refractivity contribution in [3.05, 3.63) is 24.8 Å². The molecule has 1 amide bonds. The van der Waals surface area contributed by atoms with Gasteiger partial charge in [-0.05, 0) is 40.0 Å². The van der Waals surface area contributed by atoms with Crippen LogP contribution in [0.3, 0.4) is 0 Å². The van der Waals surface area contributed by atoms with E-state index in [1.807, 2.05) is 20.8 Å². The Hall–Kier alpha value is -2.52. The molecular weight excluding hydrogens is 363 g/mol. The van der Waals surface area contributed by atoms with E-state index in [1.165, 1.54) is 12.4 Å². The number of nitrogens with zero attached hydrogens (tertiary/aromatic N) is 4. The van der Waals surface area contributed by atoms with Crippen LogP contribution in [0.5, 0.6) is 0 Å². The van der Waals surface area contributed by atoms with Gasteiger partial charge in [-0.3, -0.25) is 4.68 Å². The molecule has 3 aliphatic rings. The van der Waals surface area contributed by atoms with Crippen molar-refractivity contribution >= 4 is 6.09 Å². The summed E-state index contributed by atoms with van der Waals surface area (Å²) in [6.07, 6.45) is 2.57. The molecule has 2 aromatic rings. The first-order chi connectivity index (χ1) is 12.4. The molecule has 5 rings (SSSR count). The van der Waals surface area contributed by atoms with E-state index in [0.29, 0.717) is 11.1 Å². The van der Waals surface area contributed by atoms with Gasteiger partial charge in [0.1, 0.15) is 5.60 Å². The maximum absolute atomic E-state index is 12.7. The third-order valence-corrected chi connectivity index (χ3v) is 5.01. The first kappa shape index (κ1) is 17.9. The van der Waals surface area contributed by atoms with E-state index in [4.69, 9.17) is 4.74 Å². The van der Waals surface area contributed by atoms with Crippen LogP contribution in [0.25, 0.3) is 11.1 Å². The van der Waals surface area contributed by atoms with E-state index < -0.39 is 18.0 Å². The quantitative estimate of drug-likeness (QED) is 0.882. The van der Waals surface area contributed by atoms with Crippen LogP contribution in [0.1, 0.15) is 40.0 Å². The number of hydrogen-bond donors (Lipinski definition) is 1. The number of nitrogens with one attached hydrogen (secondary N) is 1. The van der Waals surface area contributed by atoms with E-state index in [-0.39, 0.29) is 15.8 Å². The molecule has 146 valence electrons. The second-order valence-corrected chi connectivity index (χ2v) is 8.48. The summed E-state index contributed by atoms with van der Waals surface area (Å²) in [5.41, 5.74) is -0.0810. The Morgan fingerprint density at radius 2 is 1.70 bits per heavy atom. The van der Waals surface area contributed by atoms with Gasteiger partial charge in [0.25, 0.3) is 0 Å². The molecule has 2 bridgehead atoms. The zero-order valence-electron chi connectivity index (χ0n) is 15.2. The Morgan fingerprint density at radius 1 is 1.11 bits per heavy atom. The smallest absolute Gasteiger partial charge is 0.444 e. The van der Waals surface area contributed by atoms with E-state index in [2.05, 4.69) is 15.5 Å². The lowest BCUT2D eigenvalue weighted by Gasteiger charge is -2.69. The average Bonchev–Trinajstić information content (AvgIpc) is 3.07. The second-order valence-electron chi connectivity index (χ2n) is 8.48. The highest BCUT2D eigenvalue weighted by Gasteiger charge is 2.70. The zero-order chi connectivity index (χ0) is 19.7. The second kappa shape index (κ2) is 5.26. The molecule has 7 nitrogen and oxygen atoms in total. The highest BCUT2D eigenvalue weighted by Crippen LogP contribution is 2.65. The summed E-state index contributed by atoms with van der Waals surface area (Å²) in [6.45, 7) is 5.42. The molecule has 0 spiro atoms. The predicted molar refractivity (Wildman–Crippen MR) is 88.7 cm³/mol. The number of hydrogen-bond acceptors (Lipinski definition) is 4. The van der Waals surface area contributed by atoms with Crippen molar-refractivity contribution in [2.75, 3.05) is 0 Å². The number of rotatable bonds is 3. The van der Waals surface area contributed by atoms with E-state index >= 15 is 0 Å². The topological polar surface area (TPSA) is 74.0 Å². The maximum Gasteiger partial charge on any atom is 0.504 e. The average molecular weight is 383 g/mol. The summed E-state index contributed by atoms with van der Waals surface area (Å²) in [5.74, 6) is 0. The van der Waals surface area contributed by atoms with Gasteiger partial charge in [-0.1, -0.05) is 0 Å². The molecule has 0 aromatic carbocycles. The lowest BCUT2D eigenvalue weighted by molar-refractivity contribution is -0.212. The normalized spacial score (nSPS) is 26.9. The van der Waals surface area contributed by atoms with Gasteiger partial charge in [-0.15, -0.1) is 13.2 Å². The van der Waals surface area contributed by atoms with Gasteiger partial charge >= 0.3 is 12.4 Å². The third kappa shape index (κ3) is 3.06. The number of aromatic nitrogens is 4. The van der Waals surface area contributed by atoms with Gasteiger partial charge in [0, 0.05) is 23.5 Å². The summed E-state index contributed by atoms with van der Waals surface area (Å²) in [6, 6.07) is 0. The summed E-state index contributed by atoms with van der Waals surface area (Å²) in [5, 5.41) is 10.6. The van der Waals surface area contributed by atoms with Gasteiger partial charge in [0.2, 0.25) is 0 Å². The van der Waals surface area contributed by atoms with Crippen LogP contribution in [-0.2, 0) is 16.6 Å². The van der Waals surface area contributed by atoms with Crippen molar-refractivity contribution in [2.24, 2.45) is 0 Å². The number of halogens is 3. The van der Waals surface area contributed by atoms with Gasteiger partial charge in [-0.25, -0.2) is 4.79 Å². The van der Waals surface area contributed by atoms with Gasteiger partial charge in [0.15, 0.2) is 0 Å². The van der Waals surface area contributed by atoms with E-state index in [1.54, 1.807) is 10.9 Å². The summed E-state index contributed by atoms with van der Waals surface area (Å²) < 4.78 is 45.0. The summed E-state index contributed by atoms with van der Waals surface area (Å²) in [4.78, 5) is 11.9. The highest BCUT2D eigenvalue weighted by molar-refractivity contribution is 5.70. The third-order valence-electron chi connectivity index (χ3n) is 5.01. The molecule has 3 saturated carbocycles.